The minimum Gasteiger partial charge on any atom is -0.476 e. The van der Waals surface area contributed by atoms with Crippen molar-refractivity contribution < 1.29 is 9.53 Å². The minimum atomic E-state index is -0.101. The molecule has 14 heavy (non-hydrogen) atoms. The Morgan fingerprint density at radius 3 is 2.93 bits per heavy atom. The van der Waals surface area contributed by atoms with E-state index in [0.717, 1.165) is 0 Å². The van der Waals surface area contributed by atoms with Crippen molar-refractivity contribution in [2.45, 2.75) is 26.3 Å². The van der Waals surface area contributed by atoms with Crippen molar-refractivity contribution in [2.75, 3.05) is 6.61 Å². The molecule has 5 heteroatoms. The van der Waals surface area contributed by atoms with Crippen LogP contribution in [0.25, 0.3) is 0 Å². The lowest BCUT2D eigenvalue weighted by molar-refractivity contribution is -0.120. The van der Waals surface area contributed by atoms with E-state index in [1.807, 2.05) is 13.8 Å². The summed E-state index contributed by atoms with van der Waals surface area (Å²) in [7, 11) is 0. The number of carbonyl (C=O) groups is 1. The Labute approximate surface area is 83.0 Å². The van der Waals surface area contributed by atoms with Gasteiger partial charge >= 0.3 is 0 Å². The van der Waals surface area contributed by atoms with Crippen LogP contribution in [0.15, 0.2) is 16.9 Å². The molecule has 78 valence electrons. The zero-order valence-electron chi connectivity index (χ0n) is 8.41. The fourth-order valence-corrected chi connectivity index (χ4v) is 1.04. The molecule has 0 aromatic rings. The predicted octanol–water partition coefficient (Wildman–Crippen LogP) is 0.130. The summed E-state index contributed by atoms with van der Waals surface area (Å²) in [6, 6.07) is 0.106. The van der Waals surface area contributed by atoms with E-state index in [4.69, 9.17) is 10.5 Å². The summed E-state index contributed by atoms with van der Waals surface area (Å²) in [4.78, 5) is 15.4. The molecule has 1 aliphatic heterocycles. The number of nitrogens with zero attached hydrogens (tertiary/aromatic N) is 1. The van der Waals surface area contributed by atoms with E-state index < -0.39 is 0 Å². The molecule has 0 saturated carbocycles. The van der Waals surface area contributed by atoms with Crippen LogP contribution in [0.2, 0.25) is 0 Å². The second-order valence-corrected chi connectivity index (χ2v) is 3.25. The van der Waals surface area contributed by atoms with E-state index in [0.29, 0.717) is 24.6 Å². The number of amides is 1. The Morgan fingerprint density at radius 2 is 2.36 bits per heavy atom. The third kappa shape index (κ3) is 2.76. The lowest BCUT2D eigenvalue weighted by Crippen LogP contribution is -2.25. The average Bonchev–Trinajstić information content (AvgIpc) is 2.27. The van der Waals surface area contributed by atoms with Crippen LogP contribution in [-0.4, -0.2) is 24.5 Å². The second-order valence-electron chi connectivity index (χ2n) is 3.25. The fraction of sp³-hybridized carbons (Fsp3) is 0.556. The van der Waals surface area contributed by atoms with Gasteiger partial charge in [-0.25, -0.2) is 4.99 Å². The number of nitrogens with two attached hydrogens (primary N) is 1. The van der Waals surface area contributed by atoms with Gasteiger partial charge in [0.25, 0.3) is 0 Å². The molecule has 0 bridgehead atoms. The van der Waals surface area contributed by atoms with E-state index in [1.54, 1.807) is 0 Å². The van der Waals surface area contributed by atoms with Gasteiger partial charge in [-0.3, -0.25) is 4.79 Å². The zero-order chi connectivity index (χ0) is 10.6. The molecule has 1 amide bonds. The van der Waals surface area contributed by atoms with Crippen molar-refractivity contribution in [2.24, 2.45) is 10.7 Å². The van der Waals surface area contributed by atoms with E-state index in [1.165, 1.54) is 6.20 Å². The Hall–Kier alpha value is -1.52. The number of aliphatic imine (C=N–C) groups is 1. The quantitative estimate of drug-likeness (QED) is 0.627. The molecule has 1 saturated heterocycles. The Kier molecular flexibility index (Phi) is 3.50. The highest BCUT2D eigenvalue weighted by Gasteiger charge is 2.17. The maximum absolute atomic E-state index is 11.1. The fourth-order valence-electron chi connectivity index (χ4n) is 1.04. The van der Waals surface area contributed by atoms with E-state index in [9.17, 15) is 4.79 Å². The highest BCUT2D eigenvalue weighted by Crippen LogP contribution is 2.04. The summed E-state index contributed by atoms with van der Waals surface area (Å²) in [6.45, 7) is 4.20. The third-order valence-electron chi connectivity index (χ3n) is 1.61. The first-order valence-electron chi connectivity index (χ1n) is 4.56. The smallest absolute Gasteiger partial charge is 0.234 e. The first-order chi connectivity index (χ1) is 6.63. The van der Waals surface area contributed by atoms with Crippen LogP contribution in [0.3, 0.4) is 0 Å². The summed E-state index contributed by atoms with van der Waals surface area (Å²) in [5.41, 5.74) is 5.81. The molecular formula is C9H15N3O2. The highest BCUT2D eigenvalue weighted by atomic mass is 16.5. The molecule has 0 aliphatic carbocycles. The lowest BCUT2D eigenvalue weighted by atomic mass is 10.4. The summed E-state index contributed by atoms with van der Waals surface area (Å²) in [5, 5.41) is 2.63. The van der Waals surface area contributed by atoms with E-state index in [2.05, 4.69) is 10.3 Å². The highest BCUT2D eigenvalue weighted by molar-refractivity contribution is 5.98. The molecule has 0 unspecified atom stereocenters. The van der Waals surface area contributed by atoms with Gasteiger partial charge in [-0.2, -0.15) is 0 Å². The molecule has 0 radical (unpaired) electrons. The summed E-state index contributed by atoms with van der Waals surface area (Å²) < 4.78 is 5.31. The van der Waals surface area contributed by atoms with Crippen molar-refractivity contribution >= 4 is 11.8 Å². The molecule has 0 aromatic heterocycles. The van der Waals surface area contributed by atoms with Gasteiger partial charge in [-0.05, 0) is 13.8 Å². The Balaban J connectivity index is 2.87. The lowest BCUT2D eigenvalue weighted by Gasteiger charge is -2.08. The normalized spacial score (nSPS) is 23.5. The van der Waals surface area contributed by atoms with E-state index in [-0.39, 0.29) is 11.9 Å². The van der Waals surface area contributed by atoms with Gasteiger partial charge in [0.2, 0.25) is 11.8 Å². The van der Waals surface area contributed by atoms with Gasteiger partial charge in [0.1, 0.15) is 5.70 Å². The molecule has 1 fully saturated rings. The topological polar surface area (TPSA) is 76.7 Å². The van der Waals surface area contributed by atoms with Crippen LogP contribution in [0, 0.1) is 0 Å². The van der Waals surface area contributed by atoms with Crippen LogP contribution in [0.1, 0.15) is 20.3 Å². The van der Waals surface area contributed by atoms with Gasteiger partial charge in [-0.15, -0.1) is 0 Å². The third-order valence-corrected chi connectivity index (χ3v) is 1.61. The van der Waals surface area contributed by atoms with Crippen LogP contribution in [0.5, 0.6) is 0 Å². The summed E-state index contributed by atoms with van der Waals surface area (Å²) >= 11 is 0. The van der Waals surface area contributed by atoms with Gasteiger partial charge in [0, 0.05) is 12.2 Å². The number of rotatable bonds is 1. The van der Waals surface area contributed by atoms with Crippen molar-refractivity contribution in [3.05, 3.63) is 11.9 Å². The van der Waals surface area contributed by atoms with Gasteiger partial charge in [0.15, 0.2) is 0 Å². The monoisotopic (exact) mass is 197 g/mol. The van der Waals surface area contributed by atoms with Gasteiger partial charge in [-0.1, -0.05) is 0 Å². The zero-order valence-corrected chi connectivity index (χ0v) is 8.41. The van der Waals surface area contributed by atoms with Crippen LogP contribution >= 0.6 is 0 Å². The van der Waals surface area contributed by atoms with Crippen molar-refractivity contribution in [1.29, 1.82) is 0 Å². The summed E-state index contributed by atoms with van der Waals surface area (Å²) in [6.07, 6.45) is 1.62. The van der Waals surface area contributed by atoms with Crippen LogP contribution < -0.4 is 11.1 Å². The number of ether oxygens (including phenoxy) is 1. The minimum absolute atomic E-state index is 0.101. The maximum Gasteiger partial charge on any atom is 0.234 e. The SMILES string of the molecule is CC(C)N=C1OCCC(=O)NC1=CN. The first kappa shape index (κ1) is 10.6. The number of nitrogens with one attached hydrogen (secondary N) is 1. The van der Waals surface area contributed by atoms with Gasteiger partial charge < -0.3 is 15.8 Å². The van der Waals surface area contributed by atoms with Crippen molar-refractivity contribution in [3.63, 3.8) is 0 Å². The average molecular weight is 197 g/mol. The van der Waals surface area contributed by atoms with Crippen LogP contribution in [0.4, 0.5) is 0 Å². The molecule has 0 atom stereocenters. The maximum atomic E-state index is 11.1. The molecular weight excluding hydrogens is 182 g/mol. The first-order valence-corrected chi connectivity index (χ1v) is 4.56. The largest absolute Gasteiger partial charge is 0.476 e. The summed E-state index contributed by atoms with van der Waals surface area (Å²) in [5.74, 6) is 0.309. The second kappa shape index (κ2) is 4.64. The molecule has 5 nitrogen and oxygen atoms in total. The molecule has 0 spiro atoms. The Morgan fingerprint density at radius 1 is 1.64 bits per heavy atom. The standard InChI is InChI=1S/C9H15N3O2/c1-6(2)11-9-7(5-10)12-8(13)3-4-14-9/h5-6H,3-4,10H2,1-2H3,(H,12,13). The molecule has 3 N–H and O–H groups in total. The number of hydrogen-bond donors (Lipinski definition) is 2. The van der Waals surface area contributed by atoms with Crippen molar-refractivity contribution in [3.8, 4) is 0 Å². The number of hydrogen-bond acceptors (Lipinski definition) is 4. The Bertz CT molecular complexity index is 282. The predicted molar refractivity (Wildman–Crippen MR) is 53.6 cm³/mol. The molecule has 1 aliphatic rings. The molecule has 1 heterocycles. The number of carbonyl (C=O) groups excluding carboxylic acids is 1. The van der Waals surface area contributed by atoms with E-state index >= 15 is 0 Å². The molecule has 1 rings (SSSR count). The van der Waals surface area contributed by atoms with Crippen LogP contribution in [-0.2, 0) is 9.53 Å². The molecule has 0 aromatic carbocycles. The van der Waals surface area contributed by atoms with Gasteiger partial charge in [0.05, 0.1) is 13.0 Å². The van der Waals surface area contributed by atoms with Crippen molar-refractivity contribution in [1.82, 2.24) is 5.32 Å².